The molecule has 36 heavy (non-hydrogen) atoms. The summed E-state index contributed by atoms with van der Waals surface area (Å²) >= 11 is 0. The summed E-state index contributed by atoms with van der Waals surface area (Å²) in [4.78, 5) is 42.0. The van der Waals surface area contributed by atoms with Crippen LogP contribution in [0.15, 0.2) is 54.7 Å². The third-order valence-electron chi connectivity index (χ3n) is 6.88. The molecular weight excluding hydrogens is 454 g/mol. The van der Waals surface area contributed by atoms with Gasteiger partial charge in [-0.25, -0.2) is 4.98 Å². The molecule has 0 radical (unpaired) electrons. The second-order valence-electron chi connectivity index (χ2n) is 10.1. The highest BCUT2D eigenvalue weighted by Gasteiger charge is 2.32. The molecule has 0 spiro atoms. The Bertz CT molecular complexity index is 1220. The Labute approximate surface area is 211 Å². The quantitative estimate of drug-likeness (QED) is 0.405. The first-order valence-corrected chi connectivity index (χ1v) is 12.7. The number of nitrogens with zero attached hydrogens (tertiary/aromatic N) is 2. The third kappa shape index (κ3) is 6.11. The molecule has 3 atom stereocenters. The average Bonchev–Trinajstić information content (AvgIpc) is 3.48. The van der Waals surface area contributed by atoms with Crippen LogP contribution in [0.5, 0.6) is 0 Å². The van der Waals surface area contributed by atoms with Crippen LogP contribution in [0.4, 0.5) is 0 Å². The van der Waals surface area contributed by atoms with Gasteiger partial charge in [0.1, 0.15) is 11.3 Å². The Morgan fingerprint density at radius 3 is 2.58 bits per heavy atom. The van der Waals surface area contributed by atoms with Crippen molar-refractivity contribution in [2.75, 3.05) is 6.54 Å². The van der Waals surface area contributed by atoms with Gasteiger partial charge in [-0.3, -0.25) is 18.8 Å². The summed E-state index contributed by atoms with van der Waals surface area (Å²) < 4.78 is 1.72. The Balaban J connectivity index is 1.43. The molecule has 190 valence electrons. The molecule has 1 unspecified atom stereocenters. The first kappa shape index (κ1) is 25.4. The SMILES string of the molecule is CC(C)CC(CNC(=O)c1cccc2nc(CC(=O)N[C@@H]3CCC[C@@H]3C(N)=O)cn12)c1ccccc1. The number of benzene rings is 1. The van der Waals surface area contributed by atoms with Gasteiger partial charge >= 0.3 is 0 Å². The molecule has 1 fully saturated rings. The topological polar surface area (TPSA) is 119 Å². The third-order valence-corrected chi connectivity index (χ3v) is 6.88. The van der Waals surface area contributed by atoms with Crippen LogP contribution in [0.3, 0.4) is 0 Å². The number of fused-ring (bicyclic) bond motifs is 1. The number of imidazole rings is 1. The molecule has 2 aromatic heterocycles. The van der Waals surface area contributed by atoms with Crippen molar-refractivity contribution in [1.82, 2.24) is 20.0 Å². The van der Waals surface area contributed by atoms with Crippen molar-refractivity contribution in [3.63, 3.8) is 0 Å². The Hall–Kier alpha value is -3.68. The predicted octanol–water partition coefficient (Wildman–Crippen LogP) is 3.21. The van der Waals surface area contributed by atoms with Crippen LogP contribution in [-0.2, 0) is 16.0 Å². The average molecular weight is 490 g/mol. The molecule has 4 rings (SSSR count). The Morgan fingerprint density at radius 1 is 1.08 bits per heavy atom. The zero-order valence-corrected chi connectivity index (χ0v) is 20.9. The molecule has 3 aromatic rings. The van der Waals surface area contributed by atoms with Gasteiger partial charge in [0.2, 0.25) is 11.8 Å². The van der Waals surface area contributed by atoms with E-state index in [-0.39, 0.29) is 42.0 Å². The predicted molar refractivity (Wildman–Crippen MR) is 138 cm³/mol. The normalized spacial score (nSPS) is 18.3. The lowest BCUT2D eigenvalue weighted by Gasteiger charge is -2.20. The van der Waals surface area contributed by atoms with E-state index < -0.39 is 0 Å². The van der Waals surface area contributed by atoms with E-state index in [4.69, 9.17) is 5.73 Å². The second-order valence-corrected chi connectivity index (χ2v) is 10.1. The van der Waals surface area contributed by atoms with Crippen LogP contribution in [0.1, 0.15) is 67.2 Å². The fourth-order valence-electron chi connectivity index (χ4n) is 5.17. The molecule has 0 bridgehead atoms. The van der Waals surface area contributed by atoms with Crippen LogP contribution in [-0.4, -0.2) is 39.7 Å². The van der Waals surface area contributed by atoms with E-state index in [9.17, 15) is 14.4 Å². The number of pyridine rings is 1. The first-order chi connectivity index (χ1) is 17.3. The number of hydrogen-bond acceptors (Lipinski definition) is 4. The minimum Gasteiger partial charge on any atom is -0.369 e. The zero-order valence-electron chi connectivity index (χ0n) is 20.9. The molecule has 0 saturated heterocycles. The molecular formula is C28H35N5O3. The monoisotopic (exact) mass is 489 g/mol. The highest BCUT2D eigenvalue weighted by Crippen LogP contribution is 2.25. The fraction of sp³-hybridized carbons (Fsp3) is 0.429. The Kier molecular flexibility index (Phi) is 8.03. The number of primary amides is 1. The van der Waals surface area contributed by atoms with Crippen molar-refractivity contribution in [3.05, 3.63) is 71.7 Å². The molecule has 0 aliphatic heterocycles. The summed E-state index contributed by atoms with van der Waals surface area (Å²) in [6.07, 6.45) is 5.08. The van der Waals surface area contributed by atoms with Crippen molar-refractivity contribution in [3.8, 4) is 0 Å². The van der Waals surface area contributed by atoms with E-state index in [1.165, 1.54) is 5.56 Å². The number of nitrogens with two attached hydrogens (primary N) is 1. The number of hydrogen-bond donors (Lipinski definition) is 3. The fourth-order valence-corrected chi connectivity index (χ4v) is 5.17. The smallest absolute Gasteiger partial charge is 0.268 e. The lowest BCUT2D eigenvalue weighted by Crippen LogP contribution is -2.42. The van der Waals surface area contributed by atoms with Gasteiger partial charge in [0.05, 0.1) is 18.0 Å². The largest absolute Gasteiger partial charge is 0.369 e. The van der Waals surface area contributed by atoms with Crippen LogP contribution in [0.25, 0.3) is 5.65 Å². The summed E-state index contributed by atoms with van der Waals surface area (Å²) in [5.41, 5.74) is 8.30. The van der Waals surface area contributed by atoms with Gasteiger partial charge in [-0.2, -0.15) is 0 Å². The maximum absolute atomic E-state index is 13.2. The van der Waals surface area contributed by atoms with E-state index in [1.54, 1.807) is 22.7 Å². The number of rotatable bonds is 10. The maximum Gasteiger partial charge on any atom is 0.268 e. The van der Waals surface area contributed by atoms with Crippen molar-refractivity contribution < 1.29 is 14.4 Å². The summed E-state index contributed by atoms with van der Waals surface area (Å²) in [5, 5.41) is 6.03. The molecule has 8 heteroatoms. The van der Waals surface area contributed by atoms with Gasteiger partial charge in [0.25, 0.3) is 5.91 Å². The number of aromatic nitrogens is 2. The lowest BCUT2D eigenvalue weighted by atomic mass is 9.90. The maximum atomic E-state index is 13.2. The molecule has 1 saturated carbocycles. The van der Waals surface area contributed by atoms with Crippen LogP contribution in [0, 0.1) is 11.8 Å². The van der Waals surface area contributed by atoms with Gasteiger partial charge in [-0.05, 0) is 42.9 Å². The van der Waals surface area contributed by atoms with E-state index in [0.717, 1.165) is 19.3 Å². The van der Waals surface area contributed by atoms with Gasteiger partial charge in [-0.15, -0.1) is 0 Å². The number of carbonyl (C=O) groups is 3. The lowest BCUT2D eigenvalue weighted by molar-refractivity contribution is -0.124. The Morgan fingerprint density at radius 2 is 1.86 bits per heavy atom. The van der Waals surface area contributed by atoms with Crippen molar-refractivity contribution in [2.24, 2.45) is 17.6 Å². The minimum atomic E-state index is -0.371. The molecule has 4 N–H and O–H groups in total. The van der Waals surface area contributed by atoms with Gasteiger partial charge in [0.15, 0.2) is 0 Å². The molecule has 2 heterocycles. The summed E-state index contributed by atoms with van der Waals surface area (Å²) in [6, 6.07) is 15.4. The van der Waals surface area contributed by atoms with Gasteiger partial charge in [-0.1, -0.05) is 56.7 Å². The first-order valence-electron chi connectivity index (χ1n) is 12.7. The summed E-state index contributed by atoms with van der Waals surface area (Å²) in [7, 11) is 0. The van der Waals surface area contributed by atoms with Gasteiger partial charge in [0, 0.05) is 24.7 Å². The minimum absolute atomic E-state index is 0.0647. The van der Waals surface area contributed by atoms with Crippen LogP contribution >= 0.6 is 0 Å². The number of carbonyl (C=O) groups excluding carboxylic acids is 3. The standard InChI is InChI=1S/C28H35N5O3/c1-18(2)14-20(19-8-4-3-5-9-19)16-30-28(36)24-12-7-13-25-31-21(17-33(24)25)15-26(34)32-23-11-6-10-22(23)27(29)35/h3-5,7-9,12-13,17-18,20,22-23H,6,10-11,14-16H2,1-2H3,(H2,29,35)(H,30,36)(H,32,34)/t20?,22-,23+/m0/s1. The molecule has 1 aliphatic rings. The number of nitrogens with one attached hydrogen (secondary N) is 2. The molecule has 8 nitrogen and oxygen atoms in total. The van der Waals surface area contributed by atoms with E-state index in [2.05, 4.69) is 41.6 Å². The van der Waals surface area contributed by atoms with Crippen molar-refractivity contribution in [2.45, 2.75) is 57.9 Å². The van der Waals surface area contributed by atoms with Crippen molar-refractivity contribution in [1.29, 1.82) is 0 Å². The molecule has 3 amide bonds. The molecule has 1 aliphatic carbocycles. The summed E-state index contributed by atoms with van der Waals surface area (Å²) in [6.45, 7) is 4.90. The van der Waals surface area contributed by atoms with Gasteiger partial charge < -0.3 is 16.4 Å². The van der Waals surface area contributed by atoms with E-state index in [1.807, 2.05) is 24.3 Å². The molecule has 1 aromatic carbocycles. The highest BCUT2D eigenvalue weighted by molar-refractivity contribution is 5.93. The zero-order chi connectivity index (χ0) is 25.7. The second kappa shape index (κ2) is 11.4. The van der Waals surface area contributed by atoms with E-state index in [0.29, 0.717) is 35.9 Å². The van der Waals surface area contributed by atoms with Crippen LogP contribution in [0.2, 0.25) is 0 Å². The van der Waals surface area contributed by atoms with E-state index >= 15 is 0 Å². The highest BCUT2D eigenvalue weighted by atomic mass is 16.2. The van der Waals surface area contributed by atoms with Crippen LogP contribution < -0.4 is 16.4 Å². The number of amides is 3. The van der Waals surface area contributed by atoms with Crippen molar-refractivity contribution >= 4 is 23.4 Å². The summed E-state index contributed by atoms with van der Waals surface area (Å²) in [5.74, 6) is -0.364.